The SMILES string of the molecule is COC1(C(C)=O)CCC(C)C1. The van der Waals surface area contributed by atoms with E-state index in [0.717, 1.165) is 19.3 Å². The fraction of sp³-hybridized carbons (Fsp3) is 0.889. The van der Waals surface area contributed by atoms with Crippen LogP contribution in [-0.2, 0) is 9.53 Å². The van der Waals surface area contributed by atoms with Crippen molar-refractivity contribution in [1.82, 2.24) is 0 Å². The van der Waals surface area contributed by atoms with Gasteiger partial charge >= 0.3 is 0 Å². The number of ketones is 1. The fourth-order valence-electron chi connectivity index (χ4n) is 1.90. The summed E-state index contributed by atoms with van der Waals surface area (Å²) in [6.45, 7) is 3.80. The topological polar surface area (TPSA) is 26.3 Å². The molecule has 0 aromatic rings. The van der Waals surface area contributed by atoms with Gasteiger partial charge in [-0.15, -0.1) is 0 Å². The van der Waals surface area contributed by atoms with Gasteiger partial charge in [0.15, 0.2) is 5.78 Å². The second-order valence-corrected chi connectivity index (χ2v) is 3.60. The monoisotopic (exact) mass is 156 g/mol. The molecule has 0 bridgehead atoms. The summed E-state index contributed by atoms with van der Waals surface area (Å²) in [5, 5.41) is 0. The van der Waals surface area contributed by atoms with Crippen LogP contribution in [0.5, 0.6) is 0 Å². The number of ether oxygens (including phenoxy) is 1. The van der Waals surface area contributed by atoms with Crippen molar-refractivity contribution in [2.45, 2.75) is 38.7 Å². The van der Waals surface area contributed by atoms with Crippen LogP contribution in [0, 0.1) is 5.92 Å². The van der Waals surface area contributed by atoms with Crippen LogP contribution < -0.4 is 0 Å². The van der Waals surface area contributed by atoms with E-state index in [2.05, 4.69) is 6.92 Å². The largest absolute Gasteiger partial charge is 0.370 e. The van der Waals surface area contributed by atoms with Gasteiger partial charge in [-0.1, -0.05) is 6.92 Å². The molecule has 1 aliphatic rings. The molecule has 0 N–H and O–H groups in total. The molecule has 0 radical (unpaired) electrons. The maximum absolute atomic E-state index is 11.2. The zero-order chi connectivity index (χ0) is 8.48. The van der Waals surface area contributed by atoms with E-state index in [1.807, 2.05) is 0 Å². The first-order chi connectivity index (χ1) is 5.10. The van der Waals surface area contributed by atoms with Crippen LogP contribution in [0.4, 0.5) is 0 Å². The zero-order valence-electron chi connectivity index (χ0n) is 7.52. The molecule has 0 aromatic heterocycles. The molecular weight excluding hydrogens is 140 g/mol. The van der Waals surface area contributed by atoms with Crippen molar-refractivity contribution in [2.75, 3.05) is 7.11 Å². The van der Waals surface area contributed by atoms with Crippen molar-refractivity contribution in [3.8, 4) is 0 Å². The van der Waals surface area contributed by atoms with E-state index in [0.29, 0.717) is 5.92 Å². The summed E-state index contributed by atoms with van der Waals surface area (Å²) in [5.74, 6) is 0.822. The lowest BCUT2D eigenvalue weighted by Gasteiger charge is -2.23. The minimum atomic E-state index is -0.431. The Morgan fingerprint density at radius 3 is 2.45 bits per heavy atom. The van der Waals surface area contributed by atoms with Crippen LogP contribution in [0.1, 0.15) is 33.1 Å². The lowest BCUT2D eigenvalue weighted by molar-refractivity contribution is -0.138. The molecule has 2 heteroatoms. The van der Waals surface area contributed by atoms with Gasteiger partial charge in [-0.05, 0) is 32.1 Å². The maximum atomic E-state index is 11.2. The van der Waals surface area contributed by atoms with Gasteiger partial charge < -0.3 is 4.74 Å². The third-order valence-electron chi connectivity index (χ3n) is 2.75. The summed E-state index contributed by atoms with van der Waals surface area (Å²) in [7, 11) is 1.64. The Kier molecular flexibility index (Phi) is 2.33. The van der Waals surface area contributed by atoms with Gasteiger partial charge in [-0.25, -0.2) is 0 Å². The van der Waals surface area contributed by atoms with Crippen molar-refractivity contribution < 1.29 is 9.53 Å². The van der Waals surface area contributed by atoms with Crippen molar-refractivity contribution in [3.63, 3.8) is 0 Å². The highest BCUT2D eigenvalue weighted by molar-refractivity contribution is 5.85. The maximum Gasteiger partial charge on any atom is 0.161 e. The van der Waals surface area contributed by atoms with Crippen molar-refractivity contribution >= 4 is 5.78 Å². The normalized spacial score (nSPS) is 37.5. The van der Waals surface area contributed by atoms with E-state index < -0.39 is 5.60 Å². The molecule has 1 saturated carbocycles. The highest BCUT2D eigenvalue weighted by Gasteiger charge is 2.41. The van der Waals surface area contributed by atoms with E-state index in [1.165, 1.54) is 0 Å². The minimum absolute atomic E-state index is 0.185. The van der Waals surface area contributed by atoms with E-state index in [1.54, 1.807) is 14.0 Å². The van der Waals surface area contributed by atoms with Crippen LogP contribution in [0.25, 0.3) is 0 Å². The van der Waals surface area contributed by atoms with E-state index in [4.69, 9.17) is 4.74 Å². The predicted molar refractivity (Wildman–Crippen MR) is 43.4 cm³/mol. The Morgan fingerprint density at radius 1 is 1.64 bits per heavy atom. The third-order valence-corrected chi connectivity index (χ3v) is 2.75. The lowest BCUT2D eigenvalue weighted by atomic mass is 9.96. The fourth-order valence-corrected chi connectivity index (χ4v) is 1.90. The summed E-state index contributed by atoms with van der Waals surface area (Å²) in [6.07, 6.45) is 2.92. The van der Waals surface area contributed by atoms with Gasteiger partial charge in [0.1, 0.15) is 5.60 Å². The van der Waals surface area contributed by atoms with Gasteiger partial charge in [-0.3, -0.25) is 4.79 Å². The molecule has 1 aliphatic carbocycles. The minimum Gasteiger partial charge on any atom is -0.370 e. The van der Waals surface area contributed by atoms with Crippen molar-refractivity contribution in [1.29, 1.82) is 0 Å². The standard InChI is InChI=1S/C9H16O2/c1-7-4-5-9(6-7,11-3)8(2)10/h7H,4-6H2,1-3H3. The van der Waals surface area contributed by atoms with Crippen LogP contribution in [0.3, 0.4) is 0 Å². The highest BCUT2D eigenvalue weighted by atomic mass is 16.5. The highest BCUT2D eigenvalue weighted by Crippen LogP contribution is 2.37. The second kappa shape index (κ2) is 2.94. The molecule has 0 heterocycles. The molecule has 0 amide bonds. The predicted octanol–water partition coefficient (Wildman–Crippen LogP) is 1.78. The number of hydrogen-bond acceptors (Lipinski definition) is 2. The Balaban J connectivity index is 2.70. The van der Waals surface area contributed by atoms with Crippen LogP contribution in [0.2, 0.25) is 0 Å². The van der Waals surface area contributed by atoms with E-state index in [-0.39, 0.29) is 5.78 Å². The Hall–Kier alpha value is -0.370. The molecule has 0 spiro atoms. The average molecular weight is 156 g/mol. The number of carbonyl (C=O) groups is 1. The summed E-state index contributed by atoms with van der Waals surface area (Å²) < 4.78 is 5.28. The van der Waals surface area contributed by atoms with Gasteiger partial charge in [0, 0.05) is 7.11 Å². The summed E-state index contributed by atoms with van der Waals surface area (Å²) in [5.41, 5.74) is -0.431. The average Bonchev–Trinajstić information content (AvgIpc) is 2.33. The zero-order valence-corrected chi connectivity index (χ0v) is 7.52. The third kappa shape index (κ3) is 1.45. The number of hydrogen-bond donors (Lipinski definition) is 0. The first-order valence-electron chi connectivity index (χ1n) is 4.17. The van der Waals surface area contributed by atoms with Gasteiger partial charge in [-0.2, -0.15) is 0 Å². The first-order valence-corrected chi connectivity index (χ1v) is 4.17. The number of rotatable bonds is 2. The van der Waals surface area contributed by atoms with Gasteiger partial charge in [0.2, 0.25) is 0 Å². The van der Waals surface area contributed by atoms with Crippen molar-refractivity contribution in [2.24, 2.45) is 5.92 Å². The molecule has 64 valence electrons. The number of carbonyl (C=O) groups excluding carboxylic acids is 1. The Morgan fingerprint density at radius 2 is 2.27 bits per heavy atom. The van der Waals surface area contributed by atoms with Crippen LogP contribution in [-0.4, -0.2) is 18.5 Å². The smallest absolute Gasteiger partial charge is 0.161 e. The van der Waals surface area contributed by atoms with Crippen LogP contribution >= 0.6 is 0 Å². The molecular formula is C9H16O2. The molecule has 2 unspecified atom stereocenters. The van der Waals surface area contributed by atoms with E-state index in [9.17, 15) is 4.79 Å². The first kappa shape index (κ1) is 8.72. The summed E-state index contributed by atoms with van der Waals surface area (Å²) in [6, 6.07) is 0. The van der Waals surface area contributed by atoms with Crippen molar-refractivity contribution in [3.05, 3.63) is 0 Å². The van der Waals surface area contributed by atoms with Gasteiger partial charge in [0.05, 0.1) is 0 Å². The van der Waals surface area contributed by atoms with Gasteiger partial charge in [0.25, 0.3) is 0 Å². The number of methoxy groups -OCH3 is 1. The molecule has 11 heavy (non-hydrogen) atoms. The molecule has 1 rings (SSSR count). The molecule has 2 nitrogen and oxygen atoms in total. The lowest BCUT2D eigenvalue weighted by Crippen LogP contribution is -2.36. The Labute approximate surface area is 67.9 Å². The number of Topliss-reactive ketones (excluding diaryl/α,β-unsaturated/α-hetero) is 1. The quantitative estimate of drug-likeness (QED) is 0.609. The summed E-state index contributed by atoms with van der Waals surface area (Å²) >= 11 is 0. The Bertz CT molecular complexity index is 165. The summed E-state index contributed by atoms with van der Waals surface area (Å²) in [4.78, 5) is 11.2. The molecule has 0 saturated heterocycles. The second-order valence-electron chi connectivity index (χ2n) is 3.60. The van der Waals surface area contributed by atoms with E-state index >= 15 is 0 Å². The molecule has 0 aliphatic heterocycles. The molecule has 1 fully saturated rings. The molecule has 0 aromatic carbocycles. The van der Waals surface area contributed by atoms with Crippen LogP contribution in [0.15, 0.2) is 0 Å². The molecule has 2 atom stereocenters.